The normalized spacial score (nSPS) is 18.0. The summed E-state index contributed by atoms with van der Waals surface area (Å²) in [5.41, 5.74) is -0.376. The summed E-state index contributed by atoms with van der Waals surface area (Å²) in [5.74, 6) is 1.18. The zero-order valence-corrected chi connectivity index (χ0v) is 19.4. The largest absolute Gasteiger partial charge is 0.416 e. The highest BCUT2D eigenvalue weighted by atomic mass is 32.2. The smallest absolute Gasteiger partial charge is 0.349 e. The molecule has 1 N–H and O–H groups in total. The topological polar surface area (TPSA) is 63.1 Å². The number of nitrogens with one attached hydrogen (secondary N) is 1. The predicted molar refractivity (Wildman–Crippen MR) is 121 cm³/mol. The molecule has 1 saturated carbocycles. The standard InChI is InChI=1S/C23H30F3N5OS/c24-23(25,26)18-9-6-10-19(15-18)31-20(16-27-21(32)17-7-2-1-3-8-17)28-29-22(31)33-14-13-30-11-4-5-12-30/h6,9-10,15,17H,1-5,7-8,11-14,16H2,(H,27,32). The molecule has 33 heavy (non-hydrogen) atoms. The van der Waals surface area contributed by atoms with Gasteiger partial charge < -0.3 is 10.2 Å². The van der Waals surface area contributed by atoms with E-state index < -0.39 is 11.7 Å². The summed E-state index contributed by atoms with van der Waals surface area (Å²) in [6.45, 7) is 3.19. The van der Waals surface area contributed by atoms with Gasteiger partial charge in [-0.05, 0) is 57.0 Å². The molecule has 2 aromatic rings. The van der Waals surface area contributed by atoms with E-state index in [0.717, 1.165) is 69.6 Å². The zero-order valence-electron chi connectivity index (χ0n) is 18.6. The number of likely N-dealkylation sites (tertiary alicyclic amines) is 1. The molecule has 4 rings (SSSR count). The Hall–Kier alpha value is -2.07. The molecular weight excluding hydrogens is 451 g/mol. The molecule has 180 valence electrons. The van der Waals surface area contributed by atoms with Crippen LogP contribution in [0.2, 0.25) is 0 Å². The van der Waals surface area contributed by atoms with E-state index in [0.29, 0.717) is 16.7 Å². The number of amides is 1. The number of carbonyl (C=O) groups excluding carboxylic acids is 1. The van der Waals surface area contributed by atoms with E-state index in [4.69, 9.17) is 0 Å². The third kappa shape index (κ3) is 6.29. The van der Waals surface area contributed by atoms with Gasteiger partial charge >= 0.3 is 6.18 Å². The van der Waals surface area contributed by atoms with Crippen LogP contribution in [0.5, 0.6) is 0 Å². The van der Waals surface area contributed by atoms with Crippen LogP contribution < -0.4 is 5.32 Å². The molecule has 2 heterocycles. The first-order valence-corrected chi connectivity index (χ1v) is 12.6. The first kappa shape index (κ1) is 24.1. The first-order valence-electron chi connectivity index (χ1n) is 11.7. The molecule has 0 atom stereocenters. The fourth-order valence-electron chi connectivity index (χ4n) is 4.54. The minimum absolute atomic E-state index is 0.00187. The van der Waals surface area contributed by atoms with Crippen molar-refractivity contribution in [2.75, 3.05) is 25.4 Å². The molecule has 1 saturated heterocycles. The number of thioether (sulfide) groups is 1. The van der Waals surface area contributed by atoms with Crippen LogP contribution in [-0.2, 0) is 17.5 Å². The van der Waals surface area contributed by atoms with Gasteiger partial charge in [0.2, 0.25) is 5.91 Å². The summed E-state index contributed by atoms with van der Waals surface area (Å²) < 4.78 is 41.7. The van der Waals surface area contributed by atoms with E-state index in [1.54, 1.807) is 10.6 Å². The van der Waals surface area contributed by atoms with Crippen molar-refractivity contribution in [3.8, 4) is 5.69 Å². The Labute approximate surface area is 196 Å². The summed E-state index contributed by atoms with van der Waals surface area (Å²) in [7, 11) is 0. The van der Waals surface area contributed by atoms with Gasteiger partial charge in [0.15, 0.2) is 11.0 Å². The van der Waals surface area contributed by atoms with Gasteiger partial charge in [-0.15, -0.1) is 10.2 Å². The molecule has 1 aliphatic heterocycles. The third-order valence-corrected chi connectivity index (χ3v) is 7.28. The molecule has 0 spiro atoms. The highest BCUT2D eigenvalue weighted by Gasteiger charge is 2.31. The summed E-state index contributed by atoms with van der Waals surface area (Å²) in [5, 5.41) is 12.0. The number of alkyl halides is 3. The number of benzene rings is 1. The Morgan fingerprint density at radius 2 is 1.85 bits per heavy atom. The van der Waals surface area contributed by atoms with Gasteiger partial charge in [-0.3, -0.25) is 9.36 Å². The number of hydrogen-bond donors (Lipinski definition) is 1. The molecule has 1 aromatic carbocycles. The van der Waals surface area contributed by atoms with Crippen molar-refractivity contribution in [2.45, 2.75) is 62.8 Å². The molecule has 6 nitrogen and oxygen atoms in total. The lowest BCUT2D eigenvalue weighted by atomic mass is 9.89. The van der Waals surface area contributed by atoms with Gasteiger partial charge in [0.05, 0.1) is 17.8 Å². The van der Waals surface area contributed by atoms with Crippen LogP contribution in [-0.4, -0.2) is 51.0 Å². The third-order valence-electron chi connectivity index (χ3n) is 6.37. The average molecular weight is 482 g/mol. The van der Waals surface area contributed by atoms with Crippen LogP contribution in [0.3, 0.4) is 0 Å². The van der Waals surface area contributed by atoms with E-state index in [1.807, 2.05) is 0 Å². The Kier molecular flexibility index (Phi) is 7.95. The lowest BCUT2D eigenvalue weighted by Crippen LogP contribution is -2.32. The summed E-state index contributed by atoms with van der Waals surface area (Å²) in [6, 6.07) is 5.18. The van der Waals surface area contributed by atoms with Crippen molar-refractivity contribution in [1.82, 2.24) is 25.0 Å². The highest BCUT2D eigenvalue weighted by molar-refractivity contribution is 7.99. The number of rotatable bonds is 8. The van der Waals surface area contributed by atoms with E-state index in [2.05, 4.69) is 20.4 Å². The van der Waals surface area contributed by atoms with Crippen LogP contribution in [0, 0.1) is 5.92 Å². The second kappa shape index (κ2) is 10.9. The number of nitrogens with zero attached hydrogens (tertiary/aromatic N) is 4. The monoisotopic (exact) mass is 481 g/mol. The zero-order chi connectivity index (χ0) is 23.3. The SMILES string of the molecule is O=C(NCc1nnc(SCCN2CCCC2)n1-c1cccc(C(F)(F)F)c1)C1CCCCC1. The van der Waals surface area contributed by atoms with E-state index in [-0.39, 0.29) is 18.4 Å². The predicted octanol–water partition coefficient (Wildman–Crippen LogP) is 4.67. The minimum Gasteiger partial charge on any atom is -0.349 e. The maximum Gasteiger partial charge on any atom is 0.416 e. The van der Waals surface area contributed by atoms with E-state index >= 15 is 0 Å². The van der Waals surface area contributed by atoms with Gasteiger partial charge in [0, 0.05) is 18.2 Å². The van der Waals surface area contributed by atoms with Crippen molar-refractivity contribution in [2.24, 2.45) is 5.92 Å². The van der Waals surface area contributed by atoms with Gasteiger partial charge in [-0.2, -0.15) is 13.2 Å². The van der Waals surface area contributed by atoms with Crippen LogP contribution in [0.1, 0.15) is 56.3 Å². The molecule has 2 aliphatic rings. The van der Waals surface area contributed by atoms with Gasteiger partial charge in [0.1, 0.15) is 0 Å². The van der Waals surface area contributed by atoms with Crippen LogP contribution >= 0.6 is 11.8 Å². The van der Waals surface area contributed by atoms with E-state index in [1.165, 1.54) is 30.7 Å². The molecule has 0 unspecified atom stereocenters. The van der Waals surface area contributed by atoms with Crippen molar-refractivity contribution in [3.05, 3.63) is 35.7 Å². The van der Waals surface area contributed by atoms with Gasteiger partial charge in [-0.1, -0.05) is 37.1 Å². The van der Waals surface area contributed by atoms with Gasteiger partial charge in [0.25, 0.3) is 0 Å². The number of halogens is 3. The molecule has 2 fully saturated rings. The molecule has 10 heteroatoms. The quantitative estimate of drug-likeness (QED) is 0.555. The molecular formula is C23H30F3N5OS. The summed E-state index contributed by atoms with van der Waals surface area (Å²) in [4.78, 5) is 15.0. The number of aromatic nitrogens is 3. The maximum absolute atomic E-state index is 13.3. The first-order chi connectivity index (χ1) is 15.9. The van der Waals surface area contributed by atoms with Crippen molar-refractivity contribution in [1.29, 1.82) is 0 Å². The Morgan fingerprint density at radius 1 is 1.09 bits per heavy atom. The lowest BCUT2D eigenvalue weighted by Gasteiger charge is -2.20. The van der Waals surface area contributed by atoms with Crippen molar-refractivity contribution < 1.29 is 18.0 Å². The number of carbonyl (C=O) groups is 1. The molecule has 0 radical (unpaired) electrons. The Bertz CT molecular complexity index is 936. The van der Waals surface area contributed by atoms with Gasteiger partial charge in [-0.25, -0.2) is 0 Å². The Morgan fingerprint density at radius 3 is 2.58 bits per heavy atom. The molecule has 1 aromatic heterocycles. The Balaban J connectivity index is 1.52. The maximum atomic E-state index is 13.3. The molecule has 1 aliphatic carbocycles. The van der Waals surface area contributed by atoms with Crippen LogP contribution in [0.4, 0.5) is 13.2 Å². The lowest BCUT2D eigenvalue weighted by molar-refractivity contribution is -0.137. The molecule has 0 bridgehead atoms. The number of hydrogen-bond acceptors (Lipinski definition) is 5. The fraction of sp³-hybridized carbons (Fsp3) is 0.609. The average Bonchev–Trinajstić information content (AvgIpc) is 3.48. The highest BCUT2D eigenvalue weighted by Crippen LogP contribution is 2.32. The van der Waals surface area contributed by atoms with Crippen LogP contribution in [0.15, 0.2) is 29.4 Å². The second-order valence-electron chi connectivity index (χ2n) is 8.73. The van der Waals surface area contributed by atoms with Crippen molar-refractivity contribution in [3.63, 3.8) is 0 Å². The fourth-order valence-corrected chi connectivity index (χ4v) is 5.51. The van der Waals surface area contributed by atoms with E-state index in [9.17, 15) is 18.0 Å². The minimum atomic E-state index is -4.44. The second-order valence-corrected chi connectivity index (χ2v) is 9.79. The van der Waals surface area contributed by atoms with Crippen LogP contribution in [0.25, 0.3) is 5.69 Å². The summed E-state index contributed by atoms with van der Waals surface area (Å²) >= 11 is 1.48. The molecule has 1 amide bonds. The summed E-state index contributed by atoms with van der Waals surface area (Å²) in [6.07, 6.45) is 2.99. The van der Waals surface area contributed by atoms with Crippen molar-refractivity contribution >= 4 is 17.7 Å².